The second-order valence-corrected chi connectivity index (χ2v) is 7.55. The molecule has 1 aromatic heterocycles. The van der Waals surface area contributed by atoms with Crippen molar-refractivity contribution < 1.29 is 18.8 Å². The smallest absolute Gasteiger partial charge is 0.319 e. The van der Waals surface area contributed by atoms with Gasteiger partial charge in [0.2, 0.25) is 0 Å². The maximum Gasteiger partial charge on any atom is 0.319 e. The Morgan fingerprint density at radius 2 is 1.42 bits per heavy atom. The first-order valence-electron chi connectivity index (χ1n) is 10.4. The van der Waals surface area contributed by atoms with Gasteiger partial charge in [0.15, 0.2) is 5.78 Å². The minimum Gasteiger partial charge on any atom is -0.467 e. The molecule has 0 fully saturated rings. The SMILES string of the molecule is O=C(NCc1ccco1)Nc1ccc(NC(=O)c2ccc3c(c2)C(=O)c2ccccc2-3)cc1. The van der Waals surface area contributed by atoms with Crippen molar-refractivity contribution in [1.82, 2.24) is 5.32 Å². The van der Waals surface area contributed by atoms with E-state index in [1.165, 1.54) is 0 Å². The van der Waals surface area contributed by atoms with Gasteiger partial charge in [0.05, 0.1) is 12.8 Å². The van der Waals surface area contributed by atoms with Gasteiger partial charge < -0.3 is 20.4 Å². The summed E-state index contributed by atoms with van der Waals surface area (Å²) in [5, 5.41) is 8.23. The molecule has 1 heterocycles. The second kappa shape index (κ2) is 8.47. The number of rotatable bonds is 5. The summed E-state index contributed by atoms with van der Waals surface area (Å²) in [5.41, 5.74) is 4.45. The van der Waals surface area contributed by atoms with Crippen LogP contribution >= 0.6 is 0 Å². The molecular weight excluding hydrogens is 418 g/mol. The molecule has 7 nitrogen and oxygen atoms in total. The number of hydrogen-bond donors (Lipinski definition) is 3. The lowest BCUT2D eigenvalue weighted by molar-refractivity contribution is 0.102. The van der Waals surface area contributed by atoms with Gasteiger partial charge in [-0.1, -0.05) is 30.3 Å². The maximum absolute atomic E-state index is 12.7. The van der Waals surface area contributed by atoms with Crippen LogP contribution in [0.15, 0.2) is 89.5 Å². The van der Waals surface area contributed by atoms with E-state index in [9.17, 15) is 14.4 Å². The first kappa shape index (κ1) is 20.3. The molecule has 0 aliphatic heterocycles. The molecule has 33 heavy (non-hydrogen) atoms. The van der Waals surface area contributed by atoms with Crippen molar-refractivity contribution in [3.8, 4) is 11.1 Å². The van der Waals surface area contributed by atoms with Gasteiger partial charge in [-0.05, 0) is 59.7 Å². The minimum absolute atomic E-state index is 0.0731. The number of anilines is 2. The van der Waals surface area contributed by atoms with Crippen molar-refractivity contribution in [3.63, 3.8) is 0 Å². The molecule has 1 aliphatic carbocycles. The molecule has 1 aliphatic rings. The van der Waals surface area contributed by atoms with Gasteiger partial charge in [-0.25, -0.2) is 4.79 Å². The van der Waals surface area contributed by atoms with Crippen LogP contribution in [-0.4, -0.2) is 17.7 Å². The predicted molar refractivity (Wildman–Crippen MR) is 124 cm³/mol. The normalized spacial score (nSPS) is 11.5. The number of urea groups is 1. The fourth-order valence-corrected chi connectivity index (χ4v) is 3.77. The van der Waals surface area contributed by atoms with Crippen molar-refractivity contribution >= 4 is 29.1 Å². The Labute approximate surface area is 189 Å². The van der Waals surface area contributed by atoms with Gasteiger partial charge >= 0.3 is 6.03 Å². The summed E-state index contributed by atoms with van der Waals surface area (Å²) in [6.07, 6.45) is 1.54. The highest BCUT2D eigenvalue weighted by Crippen LogP contribution is 2.36. The molecule has 3 N–H and O–H groups in total. The third-order valence-corrected chi connectivity index (χ3v) is 5.39. The highest BCUT2D eigenvalue weighted by atomic mass is 16.3. The van der Waals surface area contributed by atoms with Crippen LogP contribution in [0.5, 0.6) is 0 Å². The van der Waals surface area contributed by atoms with E-state index >= 15 is 0 Å². The number of carbonyl (C=O) groups excluding carboxylic acids is 3. The number of benzene rings is 3. The summed E-state index contributed by atoms with van der Waals surface area (Å²) in [6, 6.07) is 22.5. The van der Waals surface area contributed by atoms with E-state index in [-0.39, 0.29) is 24.3 Å². The highest BCUT2D eigenvalue weighted by molar-refractivity contribution is 6.22. The van der Waals surface area contributed by atoms with Crippen LogP contribution in [0.2, 0.25) is 0 Å². The Morgan fingerprint density at radius 1 is 0.727 bits per heavy atom. The molecule has 3 aromatic carbocycles. The fraction of sp³-hybridized carbons (Fsp3) is 0.0385. The van der Waals surface area contributed by atoms with Crippen LogP contribution in [-0.2, 0) is 6.54 Å². The van der Waals surface area contributed by atoms with Gasteiger partial charge in [-0.2, -0.15) is 0 Å². The van der Waals surface area contributed by atoms with Crippen LogP contribution in [0.3, 0.4) is 0 Å². The average molecular weight is 437 g/mol. The average Bonchev–Trinajstić information content (AvgIpc) is 3.46. The number of ketones is 1. The van der Waals surface area contributed by atoms with E-state index in [1.54, 1.807) is 60.9 Å². The van der Waals surface area contributed by atoms with Crippen molar-refractivity contribution in [2.75, 3.05) is 10.6 Å². The van der Waals surface area contributed by atoms with E-state index in [0.717, 1.165) is 11.1 Å². The van der Waals surface area contributed by atoms with Gasteiger partial charge in [-0.3, -0.25) is 9.59 Å². The summed E-state index contributed by atoms with van der Waals surface area (Å²) < 4.78 is 5.17. The number of furan rings is 1. The van der Waals surface area contributed by atoms with Crippen molar-refractivity contribution in [1.29, 1.82) is 0 Å². The van der Waals surface area contributed by atoms with E-state index < -0.39 is 0 Å². The summed E-state index contributed by atoms with van der Waals surface area (Å²) in [4.78, 5) is 37.4. The summed E-state index contributed by atoms with van der Waals surface area (Å²) in [6.45, 7) is 0.279. The molecule has 3 amide bonds. The highest BCUT2D eigenvalue weighted by Gasteiger charge is 2.27. The van der Waals surface area contributed by atoms with Crippen molar-refractivity contribution in [2.45, 2.75) is 6.54 Å². The quantitative estimate of drug-likeness (QED) is 0.358. The maximum atomic E-state index is 12.7. The zero-order chi connectivity index (χ0) is 22.8. The molecule has 0 unspecified atom stereocenters. The standard InChI is InChI=1S/C26H19N3O4/c30-24-22-6-2-1-5-20(22)21-12-7-16(14-23(21)24)25(31)28-17-8-10-18(11-9-17)29-26(32)27-15-19-4-3-13-33-19/h1-14H,15H2,(H,28,31)(H2,27,29,32). The van der Waals surface area contributed by atoms with Crippen LogP contribution in [0.1, 0.15) is 32.0 Å². The first-order valence-corrected chi connectivity index (χ1v) is 10.4. The van der Waals surface area contributed by atoms with Crippen LogP contribution in [0, 0.1) is 0 Å². The summed E-state index contributed by atoms with van der Waals surface area (Å²) in [7, 11) is 0. The van der Waals surface area contributed by atoms with Crippen molar-refractivity contribution in [2.24, 2.45) is 0 Å². The lowest BCUT2D eigenvalue weighted by atomic mass is 10.0. The zero-order valence-electron chi connectivity index (χ0n) is 17.4. The monoisotopic (exact) mass is 437 g/mol. The largest absolute Gasteiger partial charge is 0.467 e. The number of fused-ring (bicyclic) bond motifs is 3. The molecule has 0 radical (unpaired) electrons. The number of carbonyl (C=O) groups is 3. The molecule has 0 bridgehead atoms. The third kappa shape index (κ3) is 4.12. The van der Waals surface area contributed by atoms with Crippen LogP contribution in [0.25, 0.3) is 11.1 Å². The Morgan fingerprint density at radius 3 is 2.15 bits per heavy atom. The number of amides is 3. The van der Waals surface area contributed by atoms with Gasteiger partial charge in [0, 0.05) is 28.1 Å². The molecule has 162 valence electrons. The minimum atomic E-state index is -0.369. The molecule has 4 aromatic rings. The Hall–Kier alpha value is -4.65. The number of hydrogen-bond acceptors (Lipinski definition) is 4. The lowest BCUT2D eigenvalue weighted by Crippen LogP contribution is -2.27. The second-order valence-electron chi connectivity index (χ2n) is 7.55. The van der Waals surface area contributed by atoms with Gasteiger partial charge in [-0.15, -0.1) is 0 Å². The molecule has 0 spiro atoms. The van der Waals surface area contributed by atoms with E-state index in [0.29, 0.717) is 33.8 Å². The first-order chi connectivity index (χ1) is 16.1. The Bertz CT molecular complexity index is 1360. The number of nitrogens with one attached hydrogen (secondary N) is 3. The third-order valence-electron chi connectivity index (χ3n) is 5.39. The van der Waals surface area contributed by atoms with E-state index in [2.05, 4.69) is 16.0 Å². The lowest BCUT2D eigenvalue weighted by Gasteiger charge is -2.09. The van der Waals surface area contributed by atoms with Crippen LogP contribution < -0.4 is 16.0 Å². The molecule has 0 atom stereocenters. The van der Waals surface area contributed by atoms with E-state index in [1.807, 2.05) is 24.3 Å². The van der Waals surface area contributed by atoms with Gasteiger partial charge in [0.25, 0.3) is 5.91 Å². The Balaban J connectivity index is 1.22. The Kier molecular flexibility index (Phi) is 5.20. The zero-order valence-corrected chi connectivity index (χ0v) is 17.4. The summed E-state index contributed by atoms with van der Waals surface area (Å²) in [5.74, 6) is 0.259. The van der Waals surface area contributed by atoms with E-state index in [4.69, 9.17) is 4.42 Å². The molecule has 5 rings (SSSR count). The van der Waals surface area contributed by atoms with Crippen LogP contribution in [0.4, 0.5) is 16.2 Å². The molecule has 0 saturated heterocycles. The van der Waals surface area contributed by atoms with Gasteiger partial charge in [0.1, 0.15) is 5.76 Å². The summed E-state index contributed by atoms with van der Waals surface area (Å²) >= 11 is 0. The van der Waals surface area contributed by atoms with Crippen molar-refractivity contribution in [3.05, 3.63) is 108 Å². The molecule has 7 heteroatoms. The topological polar surface area (TPSA) is 100 Å². The molecule has 0 saturated carbocycles. The fourth-order valence-electron chi connectivity index (χ4n) is 3.77. The molecular formula is C26H19N3O4. The predicted octanol–water partition coefficient (Wildman–Crippen LogP) is 5.07.